The molecular formula is C18H20ClFN4O2. The van der Waals surface area contributed by atoms with Crippen LogP contribution in [0.4, 0.5) is 4.39 Å². The second-order valence-corrected chi connectivity index (χ2v) is 6.71. The molecule has 2 heterocycles. The lowest BCUT2D eigenvalue weighted by atomic mass is 10.2. The highest BCUT2D eigenvalue weighted by Gasteiger charge is 2.32. The molecule has 1 fully saturated rings. The summed E-state index contributed by atoms with van der Waals surface area (Å²) in [5, 5.41) is 7.36. The van der Waals surface area contributed by atoms with Crippen LogP contribution in [0.2, 0.25) is 5.15 Å². The van der Waals surface area contributed by atoms with E-state index in [1.54, 1.807) is 26.0 Å². The van der Waals surface area contributed by atoms with E-state index in [9.17, 15) is 14.0 Å². The van der Waals surface area contributed by atoms with Crippen LogP contribution >= 0.6 is 11.6 Å². The molecule has 3 rings (SSSR count). The fourth-order valence-corrected chi connectivity index (χ4v) is 3.34. The number of carbonyl (C=O) groups excluding carboxylic acids is 2. The number of nitrogens with one attached hydrogen (secondary N) is 1. The zero-order chi connectivity index (χ0) is 18.8. The van der Waals surface area contributed by atoms with Crippen LogP contribution in [-0.2, 0) is 11.3 Å². The Hall–Kier alpha value is -2.41. The van der Waals surface area contributed by atoms with Crippen molar-refractivity contribution in [3.63, 3.8) is 0 Å². The van der Waals surface area contributed by atoms with Gasteiger partial charge < -0.3 is 10.2 Å². The Bertz CT molecular complexity index is 834. The first-order valence-electron chi connectivity index (χ1n) is 8.44. The van der Waals surface area contributed by atoms with Gasteiger partial charge in [-0.2, -0.15) is 5.10 Å². The van der Waals surface area contributed by atoms with Gasteiger partial charge >= 0.3 is 0 Å². The van der Waals surface area contributed by atoms with E-state index < -0.39 is 6.04 Å². The number of carbonyl (C=O) groups is 2. The van der Waals surface area contributed by atoms with Crippen molar-refractivity contribution in [3.05, 3.63) is 52.1 Å². The standard InChI is InChI=1S/C18H20ClFN4O2/c1-11-15(18(26)23-9-3-8-21-17(25)12(23)2)16(19)24(22-11)10-13-4-6-14(20)7-5-13/h4-7,12H,3,8-10H2,1-2H3,(H,21,25)/t12-/m0/s1. The fraction of sp³-hybridized carbons (Fsp3) is 0.389. The summed E-state index contributed by atoms with van der Waals surface area (Å²) in [4.78, 5) is 26.6. The maximum Gasteiger partial charge on any atom is 0.259 e. The third-order valence-electron chi connectivity index (χ3n) is 4.51. The molecule has 1 aromatic carbocycles. The number of aryl methyl sites for hydroxylation is 1. The van der Waals surface area contributed by atoms with Crippen molar-refractivity contribution >= 4 is 23.4 Å². The van der Waals surface area contributed by atoms with Crippen molar-refractivity contribution < 1.29 is 14.0 Å². The lowest BCUT2D eigenvalue weighted by molar-refractivity contribution is -0.124. The summed E-state index contributed by atoms with van der Waals surface area (Å²) in [6, 6.07) is 5.45. The molecule has 0 unspecified atom stereocenters. The van der Waals surface area contributed by atoms with Gasteiger partial charge in [0, 0.05) is 13.1 Å². The molecule has 1 saturated heterocycles. The molecule has 0 spiro atoms. The predicted octanol–water partition coefficient (Wildman–Crippen LogP) is 2.38. The number of hydrogen-bond acceptors (Lipinski definition) is 3. The first kappa shape index (κ1) is 18.4. The van der Waals surface area contributed by atoms with E-state index in [4.69, 9.17) is 11.6 Å². The van der Waals surface area contributed by atoms with E-state index in [0.717, 1.165) is 5.56 Å². The van der Waals surface area contributed by atoms with Crippen LogP contribution < -0.4 is 5.32 Å². The average Bonchev–Trinajstić information content (AvgIpc) is 2.77. The molecule has 0 bridgehead atoms. The van der Waals surface area contributed by atoms with E-state index >= 15 is 0 Å². The summed E-state index contributed by atoms with van der Waals surface area (Å²) >= 11 is 6.43. The monoisotopic (exact) mass is 378 g/mol. The summed E-state index contributed by atoms with van der Waals surface area (Å²) in [6.07, 6.45) is 0.683. The van der Waals surface area contributed by atoms with Gasteiger partial charge in [0.2, 0.25) is 5.91 Å². The summed E-state index contributed by atoms with van der Waals surface area (Å²) in [6.45, 7) is 4.75. The van der Waals surface area contributed by atoms with Gasteiger partial charge in [0.05, 0.1) is 17.8 Å². The number of nitrogens with zero attached hydrogens (tertiary/aromatic N) is 3. The van der Waals surface area contributed by atoms with Gasteiger partial charge in [-0.25, -0.2) is 9.07 Å². The lowest BCUT2D eigenvalue weighted by Crippen LogP contribution is -2.45. The molecule has 1 atom stereocenters. The van der Waals surface area contributed by atoms with Crippen molar-refractivity contribution in [2.75, 3.05) is 13.1 Å². The quantitative estimate of drug-likeness (QED) is 0.891. The summed E-state index contributed by atoms with van der Waals surface area (Å²) < 4.78 is 14.6. The van der Waals surface area contributed by atoms with Crippen molar-refractivity contribution in [3.8, 4) is 0 Å². The molecule has 8 heteroatoms. The second kappa shape index (κ2) is 7.45. The van der Waals surface area contributed by atoms with Crippen LogP contribution in [0.5, 0.6) is 0 Å². The SMILES string of the molecule is Cc1nn(Cc2ccc(F)cc2)c(Cl)c1C(=O)N1CCCNC(=O)[C@@H]1C. The highest BCUT2D eigenvalue weighted by atomic mass is 35.5. The number of rotatable bonds is 3. The van der Waals surface area contributed by atoms with E-state index in [-0.39, 0.29) is 22.8 Å². The van der Waals surface area contributed by atoms with E-state index in [2.05, 4.69) is 10.4 Å². The minimum absolute atomic E-state index is 0.177. The number of aromatic nitrogens is 2. The molecule has 26 heavy (non-hydrogen) atoms. The molecule has 0 radical (unpaired) electrons. The number of benzene rings is 1. The Kier molecular flexibility index (Phi) is 5.27. The molecule has 6 nitrogen and oxygen atoms in total. The second-order valence-electron chi connectivity index (χ2n) is 6.35. The smallest absolute Gasteiger partial charge is 0.259 e. The molecule has 1 aliphatic rings. The Labute approximate surface area is 155 Å². The van der Waals surface area contributed by atoms with Gasteiger partial charge in [-0.3, -0.25) is 9.59 Å². The third-order valence-corrected chi connectivity index (χ3v) is 4.89. The van der Waals surface area contributed by atoms with Crippen LogP contribution in [-0.4, -0.2) is 45.6 Å². The van der Waals surface area contributed by atoms with Crippen LogP contribution in [0, 0.1) is 12.7 Å². The lowest BCUT2D eigenvalue weighted by Gasteiger charge is -2.25. The average molecular weight is 379 g/mol. The van der Waals surface area contributed by atoms with Crippen LogP contribution in [0.15, 0.2) is 24.3 Å². The number of amides is 2. The largest absolute Gasteiger partial charge is 0.354 e. The fourth-order valence-electron chi connectivity index (χ4n) is 3.03. The molecule has 0 aliphatic carbocycles. The maximum atomic E-state index is 13.1. The van der Waals surface area contributed by atoms with Crippen molar-refractivity contribution in [1.82, 2.24) is 20.0 Å². The Morgan fingerprint density at radius 3 is 2.77 bits per heavy atom. The number of hydrogen-bond donors (Lipinski definition) is 1. The minimum Gasteiger partial charge on any atom is -0.354 e. The zero-order valence-corrected chi connectivity index (χ0v) is 15.4. The maximum absolute atomic E-state index is 13.1. The first-order chi connectivity index (χ1) is 12.4. The predicted molar refractivity (Wildman–Crippen MR) is 95.6 cm³/mol. The van der Waals surface area contributed by atoms with Crippen molar-refractivity contribution in [1.29, 1.82) is 0 Å². The van der Waals surface area contributed by atoms with Gasteiger partial charge in [-0.1, -0.05) is 23.7 Å². The molecule has 2 aromatic rings. The van der Waals surface area contributed by atoms with Crippen LogP contribution in [0.3, 0.4) is 0 Å². The van der Waals surface area contributed by atoms with E-state index in [0.29, 0.717) is 37.3 Å². The Morgan fingerprint density at radius 1 is 1.38 bits per heavy atom. The molecule has 2 amide bonds. The van der Waals surface area contributed by atoms with Gasteiger partial charge in [-0.05, 0) is 38.0 Å². The Balaban J connectivity index is 1.88. The molecule has 1 aliphatic heterocycles. The molecule has 0 saturated carbocycles. The highest BCUT2D eigenvalue weighted by Crippen LogP contribution is 2.24. The summed E-state index contributed by atoms with van der Waals surface area (Å²) in [5.74, 6) is -0.800. The third kappa shape index (κ3) is 3.58. The van der Waals surface area contributed by atoms with Crippen molar-refractivity contribution in [2.24, 2.45) is 0 Å². The van der Waals surface area contributed by atoms with Gasteiger partial charge in [0.15, 0.2) is 0 Å². The summed E-state index contributed by atoms with van der Waals surface area (Å²) in [7, 11) is 0. The molecule has 1 N–H and O–H groups in total. The molecule has 1 aromatic heterocycles. The zero-order valence-electron chi connectivity index (χ0n) is 14.6. The van der Waals surface area contributed by atoms with Crippen molar-refractivity contribution in [2.45, 2.75) is 32.9 Å². The van der Waals surface area contributed by atoms with Gasteiger partial charge in [0.1, 0.15) is 17.0 Å². The normalized spacial score (nSPS) is 17.8. The molecular weight excluding hydrogens is 359 g/mol. The Morgan fingerprint density at radius 2 is 2.08 bits per heavy atom. The van der Waals surface area contributed by atoms with Gasteiger partial charge in [-0.15, -0.1) is 0 Å². The van der Waals surface area contributed by atoms with E-state index in [1.165, 1.54) is 21.7 Å². The molecule has 138 valence electrons. The topological polar surface area (TPSA) is 67.2 Å². The van der Waals surface area contributed by atoms with Crippen LogP contribution in [0.1, 0.15) is 35.0 Å². The number of halogens is 2. The van der Waals surface area contributed by atoms with Gasteiger partial charge in [0.25, 0.3) is 5.91 Å². The first-order valence-corrected chi connectivity index (χ1v) is 8.82. The van der Waals surface area contributed by atoms with E-state index in [1.807, 2.05) is 0 Å². The highest BCUT2D eigenvalue weighted by molar-refractivity contribution is 6.33. The summed E-state index contributed by atoms with van der Waals surface area (Å²) in [5.41, 5.74) is 1.62. The van der Waals surface area contributed by atoms with Crippen LogP contribution in [0.25, 0.3) is 0 Å². The minimum atomic E-state index is -0.569.